The number of aromatic nitrogens is 3. The highest BCUT2D eigenvalue weighted by Gasteiger charge is 2.32. The van der Waals surface area contributed by atoms with Gasteiger partial charge in [0.2, 0.25) is 0 Å². The molecule has 2 atom stereocenters. The molecule has 0 radical (unpaired) electrons. The zero-order chi connectivity index (χ0) is 23.0. The molecule has 0 unspecified atom stereocenters. The van der Waals surface area contributed by atoms with Gasteiger partial charge in [0.15, 0.2) is 15.5 Å². The van der Waals surface area contributed by atoms with Crippen molar-refractivity contribution >= 4 is 26.8 Å². The average molecular weight is 457 g/mol. The van der Waals surface area contributed by atoms with Gasteiger partial charge in [0, 0.05) is 18.7 Å². The van der Waals surface area contributed by atoms with Gasteiger partial charge in [0.25, 0.3) is 5.91 Å². The molecule has 3 heterocycles. The molecule has 32 heavy (non-hydrogen) atoms. The highest BCUT2D eigenvalue weighted by Crippen LogP contribution is 2.32. The number of nitrogens with zero attached hydrogens (tertiary/aromatic N) is 3. The number of benzene rings is 1. The van der Waals surface area contributed by atoms with Crippen LogP contribution >= 0.6 is 0 Å². The van der Waals surface area contributed by atoms with E-state index in [4.69, 9.17) is 9.72 Å². The quantitative estimate of drug-likeness (QED) is 0.612. The first kappa shape index (κ1) is 22.4. The second kappa shape index (κ2) is 8.63. The summed E-state index contributed by atoms with van der Waals surface area (Å²) in [4.78, 5) is 18.1. The van der Waals surface area contributed by atoms with Crippen molar-refractivity contribution in [2.24, 2.45) is 0 Å². The lowest BCUT2D eigenvalue weighted by Gasteiger charge is -2.15. The summed E-state index contributed by atoms with van der Waals surface area (Å²) in [6.45, 7) is 6.10. The normalized spacial score (nSPS) is 18.7. The lowest BCUT2D eigenvalue weighted by atomic mass is 10.0. The summed E-state index contributed by atoms with van der Waals surface area (Å²) in [7, 11) is -1.51. The van der Waals surface area contributed by atoms with E-state index in [1.54, 1.807) is 17.9 Å². The largest absolute Gasteiger partial charge is 0.383 e. The van der Waals surface area contributed by atoms with E-state index in [0.29, 0.717) is 41.0 Å². The summed E-state index contributed by atoms with van der Waals surface area (Å²) in [5, 5.41) is 8.25. The molecule has 8 nitrogen and oxygen atoms in total. The average Bonchev–Trinajstić information content (AvgIpc) is 3.27. The number of nitrogens with one attached hydrogen (secondary N) is 1. The van der Waals surface area contributed by atoms with Crippen LogP contribution < -0.4 is 5.32 Å². The van der Waals surface area contributed by atoms with Gasteiger partial charge in [-0.3, -0.25) is 4.79 Å². The van der Waals surface area contributed by atoms with Crippen LogP contribution in [-0.2, 0) is 14.6 Å². The van der Waals surface area contributed by atoms with E-state index in [1.807, 2.05) is 45.0 Å². The van der Waals surface area contributed by atoms with Crippen molar-refractivity contribution in [2.45, 2.75) is 39.3 Å². The Morgan fingerprint density at radius 3 is 2.62 bits per heavy atom. The Morgan fingerprint density at radius 1 is 1.28 bits per heavy atom. The number of hydrogen-bond donors (Lipinski definition) is 1. The number of hydrogen-bond acceptors (Lipinski definition) is 6. The maximum absolute atomic E-state index is 13.2. The molecule has 0 aliphatic carbocycles. The highest BCUT2D eigenvalue weighted by atomic mass is 32.2. The maximum atomic E-state index is 13.2. The van der Waals surface area contributed by atoms with Crippen molar-refractivity contribution < 1.29 is 17.9 Å². The van der Waals surface area contributed by atoms with Crippen LogP contribution in [0.25, 0.3) is 22.3 Å². The van der Waals surface area contributed by atoms with Gasteiger partial charge < -0.3 is 10.1 Å². The molecule has 1 aromatic carbocycles. The van der Waals surface area contributed by atoms with E-state index in [1.165, 1.54) is 0 Å². The molecule has 1 N–H and O–H groups in total. The van der Waals surface area contributed by atoms with Crippen molar-refractivity contribution in [3.8, 4) is 11.3 Å². The van der Waals surface area contributed by atoms with Crippen molar-refractivity contribution in [1.29, 1.82) is 0 Å². The lowest BCUT2D eigenvalue weighted by molar-refractivity contribution is 0.0907. The van der Waals surface area contributed by atoms with Crippen LogP contribution in [0.4, 0.5) is 0 Å². The van der Waals surface area contributed by atoms with Crippen LogP contribution in [0.3, 0.4) is 0 Å². The molecule has 1 saturated heterocycles. The lowest BCUT2D eigenvalue weighted by Crippen LogP contribution is -2.35. The molecule has 1 fully saturated rings. The molecule has 1 aliphatic rings. The summed E-state index contributed by atoms with van der Waals surface area (Å²) in [6.07, 6.45) is 0.487. The Balaban J connectivity index is 1.88. The van der Waals surface area contributed by atoms with Crippen LogP contribution in [0.2, 0.25) is 0 Å². The molecule has 4 rings (SSSR count). The van der Waals surface area contributed by atoms with Crippen LogP contribution in [0, 0.1) is 13.8 Å². The van der Waals surface area contributed by atoms with Gasteiger partial charge in [0.05, 0.1) is 46.5 Å². The third-order valence-corrected chi connectivity index (χ3v) is 7.53. The Labute approximate surface area is 187 Å². The first-order chi connectivity index (χ1) is 15.2. The fraction of sp³-hybridized carbons (Fsp3) is 0.435. The minimum atomic E-state index is -3.10. The van der Waals surface area contributed by atoms with E-state index in [2.05, 4.69) is 10.4 Å². The fourth-order valence-electron chi connectivity index (χ4n) is 4.18. The number of ether oxygens (including phenoxy) is 1. The highest BCUT2D eigenvalue weighted by molar-refractivity contribution is 7.91. The molecule has 9 heteroatoms. The van der Waals surface area contributed by atoms with Crippen LogP contribution in [0.15, 0.2) is 30.3 Å². The summed E-state index contributed by atoms with van der Waals surface area (Å²) in [6, 6.07) is 9.24. The van der Waals surface area contributed by atoms with Crippen LogP contribution in [0.5, 0.6) is 0 Å². The van der Waals surface area contributed by atoms with Gasteiger partial charge in [0.1, 0.15) is 0 Å². The SMILES string of the molecule is COC[C@@H](C)NC(=O)c1cc(-c2ccc(C)cc2)nc2c1c(C)nn2[C@H]1CCS(=O)(=O)C1. The van der Waals surface area contributed by atoms with E-state index in [-0.39, 0.29) is 29.5 Å². The monoisotopic (exact) mass is 456 g/mol. The van der Waals surface area contributed by atoms with Gasteiger partial charge in [-0.15, -0.1) is 0 Å². The summed E-state index contributed by atoms with van der Waals surface area (Å²) in [5.74, 6) is -0.0686. The number of amides is 1. The number of rotatable bonds is 6. The Hall–Kier alpha value is -2.78. The van der Waals surface area contributed by atoms with E-state index in [0.717, 1.165) is 11.1 Å². The van der Waals surface area contributed by atoms with Gasteiger partial charge in [-0.05, 0) is 33.3 Å². The first-order valence-electron chi connectivity index (χ1n) is 10.7. The zero-order valence-electron chi connectivity index (χ0n) is 18.8. The molecule has 3 aromatic rings. The second-order valence-electron chi connectivity index (χ2n) is 8.54. The fourth-order valence-corrected chi connectivity index (χ4v) is 5.87. The second-order valence-corrected chi connectivity index (χ2v) is 10.8. The Bertz CT molecular complexity index is 1270. The van der Waals surface area contributed by atoms with Crippen molar-refractivity contribution in [3.05, 3.63) is 47.2 Å². The van der Waals surface area contributed by atoms with Gasteiger partial charge in [-0.2, -0.15) is 5.10 Å². The van der Waals surface area contributed by atoms with E-state index < -0.39 is 9.84 Å². The predicted molar refractivity (Wildman–Crippen MR) is 124 cm³/mol. The van der Waals surface area contributed by atoms with E-state index in [9.17, 15) is 13.2 Å². The minimum Gasteiger partial charge on any atom is -0.383 e. The molecular formula is C23H28N4O4S. The Morgan fingerprint density at radius 2 is 2.00 bits per heavy atom. The smallest absolute Gasteiger partial charge is 0.252 e. The number of carbonyl (C=O) groups excluding carboxylic acids is 1. The predicted octanol–water partition coefficient (Wildman–Crippen LogP) is 2.84. The molecule has 2 aromatic heterocycles. The number of pyridine rings is 1. The third-order valence-electron chi connectivity index (χ3n) is 5.78. The first-order valence-corrected chi connectivity index (χ1v) is 12.5. The molecule has 1 aliphatic heterocycles. The number of methoxy groups -OCH3 is 1. The van der Waals surface area contributed by atoms with Gasteiger partial charge in [-0.25, -0.2) is 18.1 Å². The summed E-state index contributed by atoms with van der Waals surface area (Å²) >= 11 is 0. The molecule has 1 amide bonds. The molecular weight excluding hydrogens is 428 g/mol. The maximum Gasteiger partial charge on any atom is 0.252 e. The molecule has 0 bridgehead atoms. The molecule has 0 saturated carbocycles. The van der Waals surface area contributed by atoms with Crippen LogP contribution in [-0.4, -0.2) is 60.4 Å². The summed E-state index contributed by atoms with van der Waals surface area (Å²) < 4.78 is 31.0. The zero-order valence-corrected chi connectivity index (χ0v) is 19.6. The van der Waals surface area contributed by atoms with E-state index >= 15 is 0 Å². The van der Waals surface area contributed by atoms with Crippen LogP contribution in [0.1, 0.15) is 41.0 Å². The van der Waals surface area contributed by atoms with Crippen molar-refractivity contribution in [1.82, 2.24) is 20.1 Å². The number of fused-ring (bicyclic) bond motifs is 1. The number of carbonyl (C=O) groups is 1. The topological polar surface area (TPSA) is 103 Å². The molecule has 0 spiro atoms. The minimum absolute atomic E-state index is 0.0338. The van der Waals surface area contributed by atoms with Gasteiger partial charge in [-0.1, -0.05) is 29.8 Å². The standard InChI is InChI=1S/C23H28N4O4S/c1-14-5-7-17(8-6-14)20-11-19(23(28)24-15(2)12-31-4)21-16(3)26-27(22(21)25-20)18-9-10-32(29,30)13-18/h5-8,11,15,18H,9-10,12-13H2,1-4H3,(H,24,28)/t15-,18+/m1/s1. The van der Waals surface area contributed by atoms with Crippen molar-refractivity contribution in [2.75, 3.05) is 25.2 Å². The van der Waals surface area contributed by atoms with Crippen molar-refractivity contribution in [3.63, 3.8) is 0 Å². The Kier molecular flexibility index (Phi) is 6.05. The number of aryl methyl sites for hydroxylation is 2. The summed E-state index contributed by atoms with van der Waals surface area (Å²) in [5.41, 5.74) is 4.30. The third kappa shape index (κ3) is 4.40. The van der Waals surface area contributed by atoms with Gasteiger partial charge >= 0.3 is 0 Å². The number of sulfone groups is 1. The molecule has 170 valence electrons.